The number of aliphatic hydroxyl groups excluding tert-OH is 1. The summed E-state index contributed by atoms with van der Waals surface area (Å²) in [5, 5.41) is 15.2. The predicted molar refractivity (Wildman–Crippen MR) is 70.8 cm³/mol. The first-order chi connectivity index (χ1) is 7.82. The van der Waals surface area contributed by atoms with Crippen LogP contribution in [0.15, 0.2) is 0 Å². The van der Waals surface area contributed by atoms with E-state index in [0.717, 1.165) is 12.8 Å². The molecule has 0 saturated carbocycles. The van der Waals surface area contributed by atoms with E-state index in [1.807, 2.05) is 27.7 Å². The van der Waals surface area contributed by atoms with Gasteiger partial charge < -0.3 is 15.7 Å². The van der Waals surface area contributed by atoms with Gasteiger partial charge in [0.25, 0.3) is 0 Å². The van der Waals surface area contributed by atoms with E-state index in [-0.39, 0.29) is 30.0 Å². The smallest absolute Gasteiger partial charge is 0.237 e. The summed E-state index contributed by atoms with van der Waals surface area (Å²) in [6.45, 7) is 10.6. The molecule has 3 N–H and O–H groups in total. The van der Waals surface area contributed by atoms with Crippen LogP contribution in [0.1, 0.15) is 47.5 Å². The normalized spacial score (nSPS) is 15.4. The molecule has 0 bridgehead atoms. The van der Waals surface area contributed by atoms with Crippen molar-refractivity contribution in [1.82, 2.24) is 10.6 Å². The van der Waals surface area contributed by atoms with E-state index in [1.165, 1.54) is 0 Å². The van der Waals surface area contributed by atoms with Gasteiger partial charge in [0.15, 0.2) is 0 Å². The topological polar surface area (TPSA) is 61.4 Å². The third kappa shape index (κ3) is 7.34. The van der Waals surface area contributed by atoms with Gasteiger partial charge >= 0.3 is 0 Å². The van der Waals surface area contributed by atoms with Crippen molar-refractivity contribution in [2.45, 2.75) is 59.5 Å². The van der Waals surface area contributed by atoms with Crippen LogP contribution in [-0.2, 0) is 4.79 Å². The van der Waals surface area contributed by atoms with Gasteiger partial charge in [-0.2, -0.15) is 0 Å². The van der Waals surface area contributed by atoms with E-state index in [0.29, 0.717) is 6.54 Å². The second kappa shape index (κ2) is 7.67. The van der Waals surface area contributed by atoms with Crippen LogP contribution in [0.2, 0.25) is 0 Å². The predicted octanol–water partition coefficient (Wildman–Crippen LogP) is 1.29. The van der Waals surface area contributed by atoms with Crippen LogP contribution in [0.5, 0.6) is 0 Å². The minimum absolute atomic E-state index is 0.0275. The van der Waals surface area contributed by atoms with E-state index >= 15 is 0 Å². The molecule has 0 spiro atoms. The Morgan fingerprint density at radius 3 is 2.41 bits per heavy atom. The third-order valence-electron chi connectivity index (χ3n) is 2.82. The molecule has 4 heteroatoms. The van der Waals surface area contributed by atoms with Crippen LogP contribution in [-0.4, -0.2) is 36.2 Å². The summed E-state index contributed by atoms with van der Waals surface area (Å²) < 4.78 is 0. The van der Waals surface area contributed by atoms with Crippen molar-refractivity contribution < 1.29 is 9.90 Å². The number of hydrogen-bond acceptors (Lipinski definition) is 3. The fourth-order valence-corrected chi connectivity index (χ4v) is 1.45. The molecule has 0 radical (unpaired) electrons. The molecule has 0 aromatic rings. The fourth-order valence-electron chi connectivity index (χ4n) is 1.45. The Hall–Kier alpha value is -0.610. The Morgan fingerprint density at radius 2 is 1.94 bits per heavy atom. The molecule has 0 rings (SSSR count). The molecule has 0 fully saturated rings. The molecular formula is C13H28N2O2. The highest BCUT2D eigenvalue weighted by atomic mass is 16.3. The van der Waals surface area contributed by atoms with E-state index in [1.54, 1.807) is 0 Å². The van der Waals surface area contributed by atoms with Gasteiger partial charge in [-0.05, 0) is 20.3 Å². The van der Waals surface area contributed by atoms with Crippen LogP contribution in [0.3, 0.4) is 0 Å². The van der Waals surface area contributed by atoms with Crippen LogP contribution >= 0.6 is 0 Å². The average Bonchev–Trinajstić information content (AvgIpc) is 2.26. The van der Waals surface area contributed by atoms with Crippen molar-refractivity contribution in [2.24, 2.45) is 5.41 Å². The molecule has 0 aromatic carbocycles. The van der Waals surface area contributed by atoms with Gasteiger partial charge in [0.1, 0.15) is 0 Å². The summed E-state index contributed by atoms with van der Waals surface area (Å²) in [7, 11) is 0. The van der Waals surface area contributed by atoms with Gasteiger partial charge in [0.2, 0.25) is 5.91 Å². The van der Waals surface area contributed by atoms with Crippen LogP contribution < -0.4 is 10.6 Å². The van der Waals surface area contributed by atoms with Gasteiger partial charge in [0, 0.05) is 24.6 Å². The number of rotatable bonds is 8. The number of hydrogen-bond donors (Lipinski definition) is 3. The molecule has 17 heavy (non-hydrogen) atoms. The highest BCUT2D eigenvalue weighted by molar-refractivity contribution is 5.81. The zero-order valence-electron chi connectivity index (χ0n) is 11.8. The van der Waals surface area contributed by atoms with Crippen LogP contribution in [0, 0.1) is 5.41 Å². The monoisotopic (exact) mass is 244 g/mol. The molecule has 0 saturated heterocycles. The average molecular weight is 244 g/mol. The molecule has 0 aromatic heterocycles. The van der Waals surface area contributed by atoms with Gasteiger partial charge in [-0.25, -0.2) is 0 Å². The summed E-state index contributed by atoms with van der Waals surface area (Å²) in [5.41, 5.74) is -0.191. The summed E-state index contributed by atoms with van der Waals surface area (Å²) in [6, 6.07) is 0.00253. The molecule has 1 amide bonds. The molecule has 0 aliphatic heterocycles. The third-order valence-corrected chi connectivity index (χ3v) is 2.82. The van der Waals surface area contributed by atoms with Crippen molar-refractivity contribution in [3.05, 3.63) is 0 Å². The van der Waals surface area contributed by atoms with Crippen molar-refractivity contribution in [3.8, 4) is 0 Å². The Morgan fingerprint density at radius 1 is 1.35 bits per heavy atom. The zero-order valence-corrected chi connectivity index (χ0v) is 11.8. The van der Waals surface area contributed by atoms with Crippen LogP contribution in [0.25, 0.3) is 0 Å². The van der Waals surface area contributed by atoms with Gasteiger partial charge in [-0.3, -0.25) is 4.79 Å². The molecular weight excluding hydrogens is 216 g/mol. The van der Waals surface area contributed by atoms with Crippen molar-refractivity contribution in [3.63, 3.8) is 0 Å². The first-order valence-electron chi connectivity index (χ1n) is 6.47. The maximum atomic E-state index is 11.8. The molecule has 2 atom stereocenters. The van der Waals surface area contributed by atoms with Gasteiger partial charge in [-0.15, -0.1) is 0 Å². The van der Waals surface area contributed by atoms with E-state index < -0.39 is 0 Å². The largest absolute Gasteiger partial charge is 0.396 e. The lowest BCUT2D eigenvalue weighted by Gasteiger charge is -2.25. The van der Waals surface area contributed by atoms with Gasteiger partial charge in [-0.1, -0.05) is 27.2 Å². The Labute approximate surface area is 105 Å². The Bertz CT molecular complexity index is 229. The quantitative estimate of drug-likeness (QED) is 0.603. The maximum Gasteiger partial charge on any atom is 0.237 e. The van der Waals surface area contributed by atoms with Crippen molar-refractivity contribution in [1.29, 1.82) is 0 Å². The molecule has 4 nitrogen and oxygen atoms in total. The van der Waals surface area contributed by atoms with E-state index in [4.69, 9.17) is 5.11 Å². The zero-order chi connectivity index (χ0) is 13.5. The maximum absolute atomic E-state index is 11.8. The summed E-state index contributed by atoms with van der Waals surface area (Å²) in [6.07, 6.45) is 2.07. The summed E-state index contributed by atoms with van der Waals surface area (Å²) >= 11 is 0. The first-order valence-corrected chi connectivity index (χ1v) is 6.47. The fraction of sp³-hybridized carbons (Fsp3) is 0.923. The second-order valence-corrected chi connectivity index (χ2v) is 5.62. The Balaban J connectivity index is 3.98. The minimum Gasteiger partial charge on any atom is -0.396 e. The molecule has 0 heterocycles. The second-order valence-electron chi connectivity index (χ2n) is 5.62. The molecule has 102 valence electrons. The summed E-state index contributed by atoms with van der Waals surface area (Å²) in [5.74, 6) is 0.0275. The number of aliphatic hydroxyl groups is 1. The standard InChI is InChI=1S/C13H28N2O2/c1-6-7-10(2)15-12(17)11(3)14-8-13(4,5)9-16/h10-11,14,16H,6-9H2,1-5H3,(H,15,17). The number of amides is 1. The van der Waals surface area contributed by atoms with Crippen molar-refractivity contribution >= 4 is 5.91 Å². The Kier molecular flexibility index (Phi) is 7.39. The number of carbonyl (C=O) groups is 1. The lowest BCUT2D eigenvalue weighted by Crippen LogP contribution is -2.48. The number of nitrogens with one attached hydrogen (secondary N) is 2. The van der Waals surface area contributed by atoms with E-state index in [9.17, 15) is 4.79 Å². The lowest BCUT2D eigenvalue weighted by atomic mass is 9.94. The SMILES string of the molecule is CCCC(C)NC(=O)C(C)NCC(C)(C)CO. The molecule has 0 aliphatic rings. The van der Waals surface area contributed by atoms with Crippen LogP contribution in [0.4, 0.5) is 0 Å². The summed E-state index contributed by atoms with van der Waals surface area (Å²) in [4.78, 5) is 11.8. The molecule has 0 aliphatic carbocycles. The van der Waals surface area contributed by atoms with Gasteiger partial charge in [0.05, 0.1) is 6.04 Å². The lowest BCUT2D eigenvalue weighted by molar-refractivity contribution is -0.123. The first kappa shape index (κ1) is 16.4. The minimum atomic E-state index is -0.222. The van der Waals surface area contributed by atoms with Crippen molar-refractivity contribution in [2.75, 3.05) is 13.2 Å². The number of carbonyl (C=O) groups excluding carboxylic acids is 1. The highest BCUT2D eigenvalue weighted by Gasteiger charge is 2.20. The molecule has 2 unspecified atom stereocenters. The highest BCUT2D eigenvalue weighted by Crippen LogP contribution is 2.11. The van der Waals surface area contributed by atoms with E-state index in [2.05, 4.69) is 17.6 Å².